The fourth-order valence-corrected chi connectivity index (χ4v) is 2.51. The van der Waals surface area contributed by atoms with Crippen molar-refractivity contribution in [2.75, 3.05) is 5.73 Å². The maximum Gasteiger partial charge on any atom is 0.250 e. The monoisotopic (exact) mass is 259 g/mol. The smallest absolute Gasteiger partial charge is 0.250 e. The Morgan fingerprint density at radius 3 is 2.67 bits per heavy atom. The highest BCUT2D eigenvalue weighted by Gasteiger charge is 2.11. The number of primary amides is 1. The van der Waals surface area contributed by atoms with Gasteiger partial charge in [-0.05, 0) is 24.6 Å². The molecule has 0 radical (unpaired) electrons. The summed E-state index contributed by atoms with van der Waals surface area (Å²) in [5, 5.41) is 0. The summed E-state index contributed by atoms with van der Waals surface area (Å²) >= 11 is 1.46. The molecule has 1 aromatic carbocycles. The van der Waals surface area contributed by atoms with Crippen molar-refractivity contribution in [2.45, 2.75) is 16.7 Å². The molecule has 92 valence electrons. The highest BCUT2D eigenvalue weighted by molar-refractivity contribution is 7.99. The summed E-state index contributed by atoms with van der Waals surface area (Å²) in [7, 11) is 0. The number of nitrogens with two attached hydrogens (primary N) is 2. The van der Waals surface area contributed by atoms with E-state index in [1.807, 2.05) is 31.2 Å². The molecule has 0 aliphatic rings. The highest BCUT2D eigenvalue weighted by atomic mass is 32.2. The number of aryl methyl sites for hydroxylation is 1. The Kier molecular flexibility index (Phi) is 3.53. The lowest BCUT2D eigenvalue weighted by molar-refractivity contribution is 0.0997. The fourth-order valence-electron chi connectivity index (χ4n) is 1.52. The van der Waals surface area contributed by atoms with Crippen LogP contribution in [-0.2, 0) is 0 Å². The van der Waals surface area contributed by atoms with E-state index in [0.29, 0.717) is 10.5 Å². The first kappa shape index (κ1) is 12.4. The first-order chi connectivity index (χ1) is 8.58. The third kappa shape index (κ3) is 2.62. The van der Waals surface area contributed by atoms with Crippen molar-refractivity contribution in [1.29, 1.82) is 0 Å². The number of nitrogen functional groups attached to an aromatic ring is 1. The molecule has 5 heteroatoms. The molecule has 0 saturated heterocycles. The second kappa shape index (κ2) is 5.10. The lowest BCUT2D eigenvalue weighted by Gasteiger charge is -2.08. The third-order valence-corrected chi connectivity index (χ3v) is 3.69. The summed E-state index contributed by atoms with van der Waals surface area (Å²) in [5.41, 5.74) is 12.4. The van der Waals surface area contributed by atoms with Gasteiger partial charge in [0.15, 0.2) is 0 Å². The molecule has 0 spiro atoms. The van der Waals surface area contributed by atoms with Crippen LogP contribution < -0.4 is 11.5 Å². The number of pyridine rings is 1. The minimum atomic E-state index is -0.500. The molecule has 1 amide bonds. The van der Waals surface area contributed by atoms with Crippen LogP contribution in [0.3, 0.4) is 0 Å². The van der Waals surface area contributed by atoms with E-state index >= 15 is 0 Å². The van der Waals surface area contributed by atoms with Crippen LogP contribution in [0.5, 0.6) is 0 Å². The predicted octanol–water partition coefficient (Wildman–Crippen LogP) is 2.22. The molecule has 0 saturated carbocycles. The normalized spacial score (nSPS) is 10.3. The quantitative estimate of drug-likeness (QED) is 0.885. The maximum atomic E-state index is 11.4. The van der Waals surface area contributed by atoms with Gasteiger partial charge in [-0.3, -0.25) is 4.79 Å². The van der Waals surface area contributed by atoms with E-state index < -0.39 is 5.91 Å². The van der Waals surface area contributed by atoms with Gasteiger partial charge in [0.2, 0.25) is 5.91 Å². The molecule has 2 aromatic rings. The number of carbonyl (C=O) groups is 1. The second-order valence-electron chi connectivity index (χ2n) is 3.84. The number of amides is 1. The fraction of sp³-hybridized carbons (Fsp3) is 0.0769. The number of anilines is 1. The molecule has 0 atom stereocenters. The Labute approximate surface area is 109 Å². The van der Waals surface area contributed by atoms with Crippen molar-refractivity contribution >= 4 is 23.5 Å². The van der Waals surface area contributed by atoms with Crippen molar-refractivity contribution in [1.82, 2.24) is 4.98 Å². The van der Waals surface area contributed by atoms with Crippen LogP contribution in [-0.4, -0.2) is 10.9 Å². The standard InChI is InChI=1S/C13H13N3OS/c1-8-4-2-3-5-10(8)18-11-7-16-12(14)6-9(11)13(15)17/h2-7H,1H3,(H2,14,16)(H2,15,17). The van der Waals surface area contributed by atoms with Crippen LogP contribution in [0.2, 0.25) is 0 Å². The summed E-state index contributed by atoms with van der Waals surface area (Å²) in [6.45, 7) is 2.01. The molecule has 2 rings (SSSR count). The second-order valence-corrected chi connectivity index (χ2v) is 4.92. The summed E-state index contributed by atoms with van der Waals surface area (Å²) < 4.78 is 0. The molecule has 0 aliphatic heterocycles. The Morgan fingerprint density at radius 2 is 2.00 bits per heavy atom. The molecular formula is C13H13N3OS. The predicted molar refractivity (Wildman–Crippen MR) is 72.5 cm³/mol. The van der Waals surface area contributed by atoms with E-state index in [2.05, 4.69) is 4.98 Å². The van der Waals surface area contributed by atoms with Gasteiger partial charge in [0.05, 0.1) is 5.56 Å². The summed E-state index contributed by atoms with van der Waals surface area (Å²) in [4.78, 5) is 17.1. The molecule has 1 aromatic heterocycles. The number of hydrogen-bond donors (Lipinski definition) is 2. The number of rotatable bonds is 3. The van der Waals surface area contributed by atoms with Crippen LogP contribution in [0.25, 0.3) is 0 Å². The van der Waals surface area contributed by atoms with Gasteiger partial charge in [0, 0.05) is 16.0 Å². The van der Waals surface area contributed by atoms with Gasteiger partial charge in [-0.1, -0.05) is 30.0 Å². The third-order valence-electron chi connectivity index (χ3n) is 2.47. The largest absolute Gasteiger partial charge is 0.384 e. The zero-order valence-electron chi connectivity index (χ0n) is 9.88. The number of benzene rings is 1. The molecule has 18 heavy (non-hydrogen) atoms. The minimum absolute atomic E-state index is 0.290. The van der Waals surface area contributed by atoms with Gasteiger partial charge in [0.1, 0.15) is 5.82 Å². The molecule has 4 nitrogen and oxygen atoms in total. The van der Waals surface area contributed by atoms with Crippen molar-refractivity contribution < 1.29 is 4.79 Å². The van der Waals surface area contributed by atoms with Gasteiger partial charge in [-0.15, -0.1) is 0 Å². The minimum Gasteiger partial charge on any atom is -0.384 e. The van der Waals surface area contributed by atoms with Crippen molar-refractivity contribution in [3.63, 3.8) is 0 Å². The molecule has 0 bridgehead atoms. The average Bonchev–Trinajstić information content (AvgIpc) is 2.34. The van der Waals surface area contributed by atoms with Gasteiger partial charge in [-0.2, -0.15) is 0 Å². The Hall–Kier alpha value is -2.01. The summed E-state index contributed by atoms with van der Waals surface area (Å²) in [6.07, 6.45) is 1.58. The summed E-state index contributed by atoms with van der Waals surface area (Å²) in [5.74, 6) is -0.210. The van der Waals surface area contributed by atoms with Gasteiger partial charge in [0.25, 0.3) is 0 Å². The molecule has 0 fully saturated rings. The van der Waals surface area contributed by atoms with Gasteiger partial charge in [-0.25, -0.2) is 4.98 Å². The van der Waals surface area contributed by atoms with E-state index in [1.54, 1.807) is 6.20 Å². The SMILES string of the molecule is Cc1ccccc1Sc1cnc(N)cc1C(N)=O. The molecular weight excluding hydrogens is 246 g/mol. The molecule has 1 heterocycles. The Morgan fingerprint density at radius 1 is 1.28 bits per heavy atom. The topological polar surface area (TPSA) is 82.0 Å². The van der Waals surface area contributed by atoms with Crippen LogP contribution in [0.4, 0.5) is 5.82 Å². The van der Waals surface area contributed by atoms with E-state index in [-0.39, 0.29) is 5.82 Å². The Bertz CT molecular complexity index is 599. The van der Waals surface area contributed by atoms with Crippen LogP contribution >= 0.6 is 11.8 Å². The lowest BCUT2D eigenvalue weighted by atomic mass is 10.2. The van der Waals surface area contributed by atoms with Gasteiger partial charge >= 0.3 is 0 Å². The zero-order valence-corrected chi connectivity index (χ0v) is 10.7. The van der Waals surface area contributed by atoms with Crippen LogP contribution in [0.15, 0.2) is 46.3 Å². The van der Waals surface area contributed by atoms with Gasteiger partial charge < -0.3 is 11.5 Å². The molecule has 0 unspecified atom stereocenters. The summed E-state index contributed by atoms with van der Waals surface area (Å²) in [6, 6.07) is 9.42. The van der Waals surface area contributed by atoms with Crippen molar-refractivity contribution in [2.24, 2.45) is 5.73 Å². The van der Waals surface area contributed by atoms with E-state index in [4.69, 9.17) is 11.5 Å². The number of hydrogen-bond acceptors (Lipinski definition) is 4. The van der Waals surface area contributed by atoms with E-state index in [0.717, 1.165) is 10.5 Å². The Balaban J connectivity index is 2.41. The zero-order chi connectivity index (χ0) is 13.1. The highest BCUT2D eigenvalue weighted by Crippen LogP contribution is 2.32. The van der Waals surface area contributed by atoms with Crippen LogP contribution in [0.1, 0.15) is 15.9 Å². The number of nitrogens with zero attached hydrogens (tertiary/aromatic N) is 1. The first-order valence-electron chi connectivity index (χ1n) is 5.36. The molecule has 0 aliphatic carbocycles. The molecule has 4 N–H and O–H groups in total. The van der Waals surface area contributed by atoms with Crippen LogP contribution in [0, 0.1) is 6.92 Å². The average molecular weight is 259 g/mol. The lowest BCUT2D eigenvalue weighted by Crippen LogP contribution is -2.13. The van der Waals surface area contributed by atoms with Crippen molar-refractivity contribution in [3.05, 3.63) is 47.7 Å². The van der Waals surface area contributed by atoms with E-state index in [1.165, 1.54) is 17.8 Å². The number of aromatic nitrogens is 1. The van der Waals surface area contributed by atoms with Crippen molar-refractivity contribution in [3.8, 4) is 0 Å². The first-order valence-corrected chi connectivity index (χ1v) is 6.18. The maximum absolute atomic E-state index is 11.4. The van der Waals surface area contributed by atoms with E-state index in [9.17, 15) is 4.79 Å². The number of carbonyl (C=O) groups excluding carboxylic acids is 1.